The molecule has 0 aliphatic heterocycles. The largest absolute Gasteiger partial charge is 0.504 e. The lowest BCUT2D eigenvalue weighted by Crippen LogP contribution is -2.18. The molecular weight excluding hydrogens is 311 g/mol. The number of aromatic hydroxyl groups is 1. The van der Waals surface area contributed by atoms with Crippen LogP contribution in [0.2, 0.25) is 0 Å². The third kappa shape index (κ3) is 3.11. The molecule has 1 heterocycles. The molecule has 0 bridgehead atoms. The molecule has 3 rings (SSSR count). The lowest BCUT2D eigenvalue weighted by molar-refractivity contribution is 0.404. The summed E-state index contributed by atoms with van der Waals surface area (Å²) in [6.07, 6.45) is 3.20. The first-order valence-electron chi connectivity index (χ1n) is 6.76. The Morgan fingerprint density at radius 3 is 2.77 bits per heavy atom. The summed E-state index contributed by atoms with van der Waals surface area (Å²) < 4.78 is 41.3. The highest BCUT2D eigenvalue weighted by Gasteiger charge is 2.46. The van der Waals surface area contributed by atoms with Gasteiger partial charge in [0.2, 0.25) is 0 Å². The molecule has 0 radical (unpaired) electrons. The van der Waals surface area contributed by atoms with Crippen LogP contribution in [0.15, 0.2) is 22.7 Å². The molecule has 0 unspecified atom stereocenters. The van der Waals surface area contributed by atoms with Crippen LogP contribution in [-0.2, 0) is 16.3 Å². The van der Waals surface area contributed by atoms with E-state index in [1.807, 2.05) is 0 Å². The zero-order chi connectivity index (χ0) is 16.0. The Balaban J connectivity index is 1.82. The summed E-state index contributed by atoms with van der Waals surface area (Å²) in [5, 5.41) is 13.5. The Kier molecular flexibility index (Phi) is 3.43. The van der Waals surface area contributed by atoms with Gasteiger partial charge in [0.1, 0.15) is 9.84 Å². The van der Waals surface area contributed by atoms with Crippen LogP contribution in [-0.4, -0.2) is 35.7 Å². The molecule has 0 saturated heterocycles. The van der Waals surface area contributed by atoms with E-state index >= 15 is 0 Å². The molecule has 118 valence electrons. The van der Waals surface area contributed by atoms with Gasteiger partial charge in [-0.25, -0.2) is 12.8 Å². The van der Waals surface area contributed by atoms with Gasteiger partial charge in [0.25, 0.3) is 5.89 Å². The number of sulfone groups is 1. The highest BCUT2D eigenvalue weighted by atomic mass is 32.2. The summed E-state index contributed by atoms with van der Waals surface area (Å²) in [4.78, 5) is 4.14. The zero-order valence-corrected chi connectivity index (χ0v) is 12.7. The van der Waals surface area contributed by atoms with Gasteiger partial charge in [-0.1, -0.05) is 11.2 Å². The second kappa shape index (κ2) is 5.05. The molecule has 1 fully saturated rings. The summed E-state index contributed by atoms with van der Waals surface area (Å²) in [6.45, 7) is 0. The number of para-hydroxylation sites is 1. The number of aromatic nitrogens is 2. The summed E-state index contributed by atoms with van der Waals surface area (Å²) >= 11 is 0. The lowest BCUT2D eigenvalue weighted by Gasteiger charge is -2.10. The van der Waals surface area contributed by atoms with Crippen molar-refractivity contribution in [1.82, 2.24) is 10.1 Å². The molecule has 1 aliphatic rings. The Bertz CT molecular complexity index is 812. The van der Waals surface area contributed by atoms with Gasteiger partial charge in [-0.3, -0.25) is 0 Å². The smallest absolute Gasteiger partial charge is 0.261 e. The molecule has 0 spiro atoms. The van der Waals surface area contributed by atoms with E-state index in [1.165, 1.54) is 18.4 Å². The lowest BCUT2D eigenvalue weighted by atomic mass is 10.1. The van der Waals surface area contributed by atoms with Crippen LogP contribution in [0.3, 0.4) is 0 Å². The first-order chi connectivity index (χ1) is 10.3. The van der Waals surface area contributed by atoms with Crippen molar-refractivity contribution in [1.29, 1.82) is 0 Å². The Labute approximate surface area is 126 Å². The third-order valence-corrected chi connectivity index (χ3v) is 4.88. The maximum absolute atomic E-state index is 13.3. The van der Waals surface area contributed by atoms with Crippen molar-refractivity contribution in [3.8, 4) is 17.2 Å². The Morgan fingerprint density at radius 1 is 1.41 bits per heavy atom. The summed E-state index contributed by atoms with van der Waals surface area (Å²) in [6, 6.07) is 4.03. The fourth-order valence-electron chi connectivity index (χ4n) is 2.56. The molecule has 6 nitrogen and oxygen atoms in total. The van der Waals surface area contributed by atoms with Gasteiger partial charge in [0, 0.05) is 12.7 Å². The number of rotatable bonds is 5. The first-order valence-corrected chi connectivity index (χ1v) is 8.82. The average molecular weight is 326 g/mol. The number of hydrogen-bond donors (Lipinski definition) is 1. The van der Waals surface area contributed by atoms with Crippen molar-refractivity contribution >= 4 is 9.84 Å². The molecule has 8 heteroatoms. The standard InChI is InChI=1S/C14H15FN2O4S/c1-22(19,20)8-14(5-6-14)7-11-16-13(21-17-11)9-3-2-4-10(15)12(9)18/h2-4,18H,5-8H2,1H3. The SMILES string of the molecule is CS(=O)(=O)CC1(Cc2noc(-c3cccc(F)c3O)n2)CC1. The van der Waals surface area contributed by atoms with Crippen LogP contribution in [0.25, 0.3) is 11.5 Å². The molecule has 1 aromatic carbocycles. The number of phenols is 1. The van der Waals surface area contributed by atoms with Crippen molar-refractivity contribution in [2.45, 2.75) is 19.3 Å². The Hall–Kier alpha value is -1.96. The normalized spacial score (nSPS) is 16.6. The van der Waals surface area contributed by atoms with Gasteiger partial charge in [-0.2, -0.15) is 4.98 Å². The first kappa shape index (κ1) is 15.0. The average Bonchev–Trinajstić information content (AvgIpc) is 2.97. The monoisotopic (exact) mass is 326 g/mol. The number of halogens is 1. The maximum Gasteiger partial charge on any atom is 0.261 e. The number of benzene rings is 1. The number of hydrogen-bond acceptors (Lipinski definition) is 6. The van der Waals surface area contributed by atoms with Gasteiger partial charge in [-0.05, 0) is 30.4 Å². The second-order valence-electron chi connectivity index (χ2n) is 5.90. The molecule has 1 N–H and O–H groups in total. The minimum absolute atomic E-state index is 0.0159. The maximum atomic E-state index is 13.3. The van der Waals surface area contributed by atoms with E-state index in [2.05, 4.69) is 10.1 Å². The number of phenolic OH excluding ortho intramolecular Hbond substituents is 1. The van der Waals surface area contributed by atoms with Crippen LogP contribution >= 0.6 is 0 Å². The van der Waals surface area contributed by atoms with Gasteiger partial charge in [0.15, 0.2) is 17.4 Å². The van der Waals surface area contributed by atoms with Crippen LogP contribution in [0.5, 0.6) is 5.75 Å². The van der Waals surface area contributed by atoms with Crippen molar-refractivity contribution in [2.75, 3.05) is 12.0 Å². The van der Waals surface area contributed by atoms with E-state index in [9.17, 15) is 17.9 Å². The van der Waals surface area contributed by atoms with E-state index in [4.69, 9.17) is 4.52 Å². The molecule has 1 saturated carbocycles. The minimum Gasteiger partial charge on any atom is -0.504 e. The fourth-order valence-corrected chi connectivity index (χ4v) is 4.07. The minimum atomic E-state index is -3.07. The third-order valence-electron chi connectivity index (χ3n) is 3.74. The molecule has 2 aromatic rings. The van der Waals surface area contributed by atoms with Gasteiger partial charge in [-0.15, -0.1) is 0 Å². The van der Waals surface area contributed by atoms with Crippen LogP contribution in [0.1, 0.15) is 18.7 Å². The highest BCUT2D eigenvalue weighted by molar-refractivity contribution is 7.90. The van der Waals surface area contributed by atoms with Crippen LogP contribution in [0, 0.1) is 11.2 Å². The van der Waals surface area contributed by atoms with E-state index in [1.54, 1.807) is 0 Å². The van der Waals surface area contributed by atoms with E-state index in [0.717, 1.165) is 18.9 Å². The topological polar surface area (TPSA) is 93.3 Å². The molecule has 0 amide bonds. The molecule has 1 aliphatic carbocycles. The van der Waals surface area contributed by atoms with Crippen molar-refractivity contribution in [3.63, 3.8) is 0 Å². The quantitative estimate of drug-likeness (QED) is 0.902. The van der Waals surface area contributed by atoms with E-state index in [0.29, 0.717) is 12.2 Å². The summed E-state index contributed by atoms with van der Waals surface area (Å²) in [5.74, 6) is -0.848. The van der Waals surface area contributed by atoms with E-state index in [-0.39, 0.29) is 22.6 Å². The van der Waals surface area contributed by atoms with Crippen LogP contribution < -0.4 is 0 Å². The van der Waals surface area contributed by atoms with Gasteiger partial charge in [0.05, 0.1) is 11.3 Å². The van der Waals surface area contributed by atoms with Crippen molar-refractivity contribution in [2.24, 2.45) is 5.41 Å². The molecule has 22 heavy (non-hydrogen) atoms. The molecule has 1 aromatic heterocycles. The van der Waals surface area contributed by atoms with Gasteiger partial charge >= 0.3 is 0 Å². The van der Waals surface area contributed by atoms with Crippen molar-refractivity contribution < 1.29 is 22.4 Å². The predicted octanol–water partition coefficient (Wildman–Crippen LogP) is 1.95. The zero-order valence-electron chi connectivity index (χ0n) is 11.9. The molecular formula is C14H15FN2O4S. The number of nitrogens with zero attached hydrogens (tertiary/aromatic N) is 2. The predicted molar refractivity (Wildman–Crippen MR) is 76.4 cm³/mol. The molecule has 0 atom stereocenters. The summed E-state index contributed by atoms with van der Waals surface area (Å²) in [7, 11) is -3.07. The highest BCUT2D eigenvalue weighted by Crippen LogP contribution is 2.49. The Morgan fingerprint density at radius 2 is 2.14 bits per heavy atom. The van der Waals surface area contributed by atoms with E-state index < -0.39 is 21.4 Å². The van der Waals surface area contributed by atoms with Crippen molar-refractivity contribution in [3.05, 3.63) is 29.8 Å². The van der Waals surface area contributed by atoms with Crippen LogP contribution in [0.4, 0.5) is 4.39 Å². The fraction of sp³-hybridized carbons (Fsp3) is 0.429. The summed E-state index contributed by atoms with van der Waals surface area (Å²) in [5.41, 5.74) is -0.203. The van der Waals surface area contributed by atoms with Gasteiger partial charge < -0.3 is 9.63 Å². The second-order valence-corrected chi connectivity index (χ2v) is 8.04.